The number of ether oxygens (including phenoxy) is 2. The number of aromatic hydroxyl groups is 1. The van der Waals surface area contributed by atoms with E-state index in [1.54, 1.807) is 20.3 Å². The first-order valence-corrected chi connectivity index (χ1v) is 8.27. The summed E-state index contributed by atoms with van der Waals surface area (Å²) in [6.07, 6.45) is 0. The van der Waals surface area contributed by atoms with Crippen LogP contribution in [-0.2, 0) is 0 Å². The number of hydrogen-bond donors (Lipinski definition) is 1. The molecule has 0 aliphatic rings. The minimum Gasteiger partial charge on any atom is -0.506 e. The van der Waals surface area contributed by atoms with E-state index in [0.29, 0.717) is 5.02 Å². The average Bonchev–Trinajstić information content (AvgIpc) is 2.66. The maximum atomic E-state index is 10.5. The van der Waals surface area contributed by atoms with Crippen LogP contribution in [0, 0.1) is 0 Å². The Balaban J connectivity index is 2.14. The SMILES string of the molecule is COc1ccc(C(c2ccc(OC)cc2)c2cccc(Cl)c2O)cc1. The molecule has 3 aromatic rings. The largest absolute Gasteiger partial charge is 0.506 e. The van der Waals surface area contributed by atoms with Crippen molar-refractivity contribution < 1.29 is 14.6 Å². The van der Waals surface area contributed by atoms with Crippen LogP contribution in [0.15, 0.2) is 66.7 Å². The highest BCUT2D eigenvalue weighted by atomic mass is 35.5. The normalized spacial score (nSPS) is 10.7. The first-order chi connectivity index (χ1) is 12.1. The Kier molecular flexibility index (Phi) is 5.15. The molecule has 0 amide bonds. The van der Waals surface area contributed by atoms with Gasteiger partial charge in [0.2, 0.25) is 0 Å². The van der Waals surface area contributed by atoms with E-state index in [0.717, 1.165) is 28.2 Å². The Hall–Kier alpha value is -2.65. The fourth-order valence-electron chi connectivity index (χ4n) is 2.91. The lowest BCUT2D eigenvalue weighted by Crippen LogP contribution is -2.04. The van der Waals surface area contributed by atoms with Crippen LogP contribution in [0.1, 0.15) is 22.6 Å². The molecule has 0 saturated carbocycles. The van der Waals surface area contributed by atoms with Gasteiger partial charge in [0.05, 0.1) is 19.2 Å². The summed E-state index contributed by atoms with van der Waals surface area (Å²) in [5.74, 6) is 1.51. The van der Waals surface area contributed by atoms with E-state index in [9.17, 15) is 5.11 Å². The van der Waals surface area contributed by atoms with Gasteiger partial charge in [-0.2, -0.15) is 0 Å². The monoisotopic (exact) mass is 354 g/mol. The van der Waals surface area contributed by atoms with Crippen LogP contribution >= 0.6 is 11.6 Å². The van der Waals surface area contributed by atoms with E-state index in [2.05, 4.69) is 0 Å². The second kappa shape index (κ2) is 7.49. The number of para-hydroxylation sites is 1. The van der Waals surface area contributed by atoms with Gasteiger partial charge in [-0.05, 0) is 41.5 Å². The molecule has 128 valence electrons. The van der Waals surface area contributed by atoms with Crippen molar-refractivity contribution in [1.29, 1.82) is 0 Å². The molecule has 0 saturated heterocycles. The summed E-state index contributed by atoms with van der Waals surface area (Å²) in [7, 11) is 3.28. The van der Waals surface area contributed by atoms with E-state index in [-0.39, 0.29) is 11.7 Å². The van der Waals surface area contributed by atoms with Gasteiger partial charge in [-0.15, -0.1) is 0 Å². The van der Waals surface area contributed by atoms with Crippen molar-refractivity contribution in [1.82, 2.24) is 0 Å². The van der Waals surface area contributed by atoms with Gasteiger partial charge in [-0.1, -0.05) is 48.0 Å². The number of phenols is 1. The summed E-state index contributed by atoms with van der Waals surface area (Å²) in [4.78, 5) is 0. The zero-order valence-corrected chi connectivity index (χ0v) is 14.8. The molecule has 0 bridgehead atoms. The summed E-state index contributed by atoms with van der Waals surface area (Å²) in [6, 6.07) is 21.0. The van der Waals surface area contributed by atoms with Crippen molar-refractivity contribution in [3.05, 3.63) is 88.4 Å². The van der Waals surface area contributed by atoms with E-state index in [4.69, 9.17) is 21.1 Å². The second-order valence-corrected chi connectivity index (χ2v) is 6.06. The third-order valence-electron chi connectivity index (χ3n) is 4.23. The molecule has 25 heavy (non-hydrogen) atoms. The summed E-state index contributed by atoms with van der Waals surface area (Å²) >= 11 is 6.14. The van der Waals surface area contributed by atoms with Crippen molar-refractivity contribution >= 4 is 11.6 Å². The molecule has 1 N–H and O–H groups in total. The van der Waals surface area contributed by atoms with Crippen molar-refractivity contribution in [2.24, 2.45) is 0 Å². The smallest absolute Gasteiger partial charge is 0.138 e. The lowest BCUT2D eigenvalue weighted by molar-refractivity contribution is 0.414. The molecular weight excluding hydrogens is 336 g/mol. The lowest BCUT2D eigenvalue weighted by atomic mass is 9.84. The number of hydrogen-bond acceptors (Lipinski definition) is 3. The Morgan fingerprint density at radius 1 is 0.760 bits per heavy atom. The van der Waals surface area contributed by atoms with Gasteiger partial charge < -0.3 is 14.6 Å². The zero-order chi connectivity index (χ0) is 17.8. The Bertz CT molecular complexity index is 795. The third kappa shape index (κ3) is 3.57. The molecule has 0 heterocycles. The van der Waals surface area contributed by atoms with Crippen LogP contribution in [0.2, 0.25) is 5.02 Å². The first-order valence-electron chi connectivity index (χ1n) is 7.89. The number of methoxy groups -OCH3 is 2. The quantitative estimate of drug-likeness (QED) is 0.636. The topological polar surface area (TPSA) is 38.7 Å². The molecule has 0 aliphatic heterocycles. The summed E-state index contributed by atoms with van der Waals surface area (Å²) in [5.41, 5.74) is 2.81. The van der Waals surface area contributed by atoms with Crippen molar-refractivity contribution in [2.45, 2.75) is 5.92 Å². The maximum absolute atomic E-state index is 10.5. The van der Waals surface area contributed by atoms with Gasteiger partial charge in [-0.3, -0.25) is 0 Å². The molecule has 0 atom stereocenters. The molecule has 0 spiro atoms. The maximum Gasteiger partial charge on any atom is 0.138 e. The van der Waals surface area contributed by atoms with Gasteiger partial charge >= 0.3 is 0 Å². The first kappa shape index (κ1) is 17.2. The summed E-state index contributed by atoms with van der Waals surface area (Å²) in [6.45, 7) is 0. The minimum absolute atomic E-state index is 0.0980. The Morgan fingerprint density at radius 2 is 1.24 bits per heavy atom. The van der Waals surface area contributed by atoms with E-state index >= 15 is 0 Å². The molecule has 0 radical (unpaired) electrons. The standard InChI is InChI=1S/C21H19ClO3/c1-24-16-10-6-14(7-11-16)20(15-8-12-17(25-2)13-9-15)18-4-3-5-19(22)21(18)23/h3-13,20,23H,1-2H3. The number of benzene rings is 3. The number of halogens is 1. The van der Waals surface area contributed by atoms with E-state index in [1.807, 2.05) is 60.7 Å². The van der Waals surface area contributed by atoms with Gasteiger partial charge in [0.15, 0.2) is 0 Å². The van der Waals surface area contributed by atoms with Crippen molar-refractivity contribution in [3.8, 4) is 17.2 Å². The van der Waals surface area contributed by atoms with Crippen LogP contribution in [0.5, 0.6) is 17.2 Å². The molecule has 0 aromatic heterocycles. The van der Waals surface area contributed by atoms with Crippen LogP contribution < -0.4 is 9.47 Å². The average molecular weight is 355 g/mol. The molecular formula is C21H19ClO3. The van der Waals surface area contributed by atoms with Crippen LogP contribution in [0.25, 0.3) is 0 Å². The number of rotatable bonds is 5. The molecule has 3 nitrogen and oxygen atoms in total. The lowest BCUT2D eigenvalue weighted by Gasteiger charge is -2.21. The highest BCUT2D eigenvalue weighted by molar-refractivity contribution is 6.32. The molecule has 4 heteroatoms. The Labute approximate surface area is 152 Å². The van der Waals surface area contributed by atoms with Crippen molar-refractivity contribution in [2.75, 3.05) is 14.2 Å². The summed E-state index contributed by atoms with van der Waals surface area (Å²) < 4.78 is 10.5. The zero-order valence-electron chi connectivity index (χ0n) is 14.1. The highest BCUT2D eigenvalue weighted by Crippen LogP contribution is 2.40. The minimum atomic E-state index is -0.157. The predicted octanol–water partition coefficient (Wildman–Crippen LogP) is 5.24. The molecule has 0 fully saturated rings. The van der Waals surface area contributed by atoms with Gasteiger partial charge in [0, 0.05) is 11.5 Å². The molecule has 3 rings (SSSR count). The third-order valence-corrected chi connectivity index (χ3v) is 4.53. The van der Waals surface area contributed by atoms with E-state index < -0.39 is 0 Å². The predicted molar refractivity (Wildman–Crippen MR) is 100 cm³/mol. The van der Waals surface area contributed by atoms with Gasteiger partial charge in [0.25, 0.3) is 0 Å². The number of phenolic OH excluding ortho intramolecular Hbond substituents is 1. The van der Waals surface area contributed by atoms with Gasteiger partial charge in [-0.25, -0.2) is 0 Å². The van der Waals surface area contributed by atoms with E-state index in [1.165, 1.54) is 0 Å². The van der Waals surface area contributed by atoms with Crippen LogP contribution in [0.3, 0.4) is 0 Å². The fraction of sp³-hybridized carbons (Fsp3) is 0.143. The Morgan fingerprint density at radius 3 is 1.68 bits per heavy atom. The molecule has 0 aliphatic carbocycles. The molecule has 0 unspecified atom stereocenters. The fourth-order valence-corrected chi connectivity index (χ4v) is 3.09. The second-order valence-electron chi connectivity index (χ2n) is 5.66. The van der Waals surface area contributed by atoms with Crippen molar-refractivity contribution in [3.63, 3.8) is 0 Å². The van der Waals surface area contributed by atoms with Crippen LogP contribution in [0.4, 0.5) is 0 Å². The van der Waals surface area contributed by atoms with Crippen LogP contribution in [-0.4, -0.2) is 19.3 Å². The highest BCUT2D eigenvalue weighted by Gasteiger charge is 2.21. The molecule has 3 aromatic carbocycles. The summed E-state index contributed by atoms with van der Waals surface area (Å²) in [5, 5.41) is 10.8. The van der Waals surface area contributed by atoms with Gasteiger partial charge in [0.1, 0.15) is 17.2 Å².